The minimum Gasteiger partial charge on any atom is -0.506 e. The highest BCUT2D eigenvalue weighted by molar-refractivity contribution is 5.96. The molecule has 2 amide bonds. The number of phenolic OH excluding ortho intramolecular Hbond substituents is 1. The highest BCUT2D eigenvalue weighted by Crippen LogP contribution is 2.23. The minimum atomic E-state index is -1.02. The van der Waals surface area contributed by atoms with Crippen LogP contribution in [0.2, 0.25) is 0 Å². The number of amides is 2. The third-order valence-electron chi connectivity index (χ3n) is 4.53. The van der Waals surface area contributed by atoms with Crippen LogP contribution in [0.3, 0.4) is 0 Å². The number of hydrogen-bond donors (Lipinski definition) is 4. The van der Waals surface area contributed by atoms with Gasteiger partial charge in [-0.15, -0.1) is 0 Å². The summed E-state index contributed by atoms with van der Waals surface area (Å²) in [5.74, 6) is -2.72. The Hall–Kier alpha value is -4.47. The van der Waals surface area contributed by atoms with Crippen molar-refractivity contribution < 1.29 is 28.2 Å². The molecule has 0 heterocycles. The summed E-state index contributed by atoms with van der Waals surface area (Å²) in [5, 5.41) is 16.0. The molecule has 3 aromatic rings. The van der Waals surface area contributed by atoms with Crippen LogP contribution in [-0.2, 0) is 11.2 Å². The summed E-state index contributed by atoms with van der Waals surface area (Å²) in [6, 6.07) is 12.0. The number of nitrogens with zero attached hydrogens (tertiary/aromatic N) is 1. The molecule has 0 spiro atoms. The van der Waals surface area contributed by atoms with Gasteiger partial charge in [-0.3, -0.25) is 9.59 Å². The van der Waals surface area contributed by atoms with E-state index in [2.05, 4.69) is 15.8 Å². The van der Waals surface area contributed by atoms with Gasteiger partial charge in [-0.05, 0) is 48.0 Å². The van der Waals surface area contributed by atoms with Crippen LogP contribution in [-0.4, -0.2) is 30.2 Å². The summed E-state index contributed by atoms with van der Waals surface area (Å²) in [6.45, 7) is 0. The van der Waals surface area contributed by atoms with Gasteiger partial charge in [0.05, 0.1) is 25.4 Å². The third kappa shape index (κ3) is 6.03. The number of carbonyl (C=O) groups is 2. The van der Waals surface area contributed by atoms with E-state index in [-0.39, 0.29) is 23.4 Å². The molecule has 8 nitrogen and oxygen atoms in total. The van der Waals surface area contributed by atoms with Gasteiger partial charge < -0.3 is 20.9 Å². The van der Waals surface area contributed by atoms with Crippen molar-refractivity contribution in [3.05, 3.63) is 82.9 Å². The summed E-state index contributed by atoms with van der Waals surface area (Å²) >= 11 is 0. The summed E-state index contributed by atoms with van der Waals surface area (Å²) < 4.78 is 31.6. The molecular weight excluding hydrogens is 434 g/mol. The molecule has 0 aliphatic carbocycles. The fraction of sp³-hybridized carbons (Fsp3) is 0.0870. The molecule has 0 aliphatic rings. The van der Waals surface area contributed by atoms with Crippen LogP contribution in [0, 0.1) is 11.6 Å². The van der Waals surface area contributed by atoms with E-state index in [0.717, 1.165) is 12.1 Å². The molecule has 10 heteroatoms. The summed E-state index contributed by atoms with van der Waals surface area (Å²) in [4.78, 5) is 24.4. The number of hydrazone groups is 1. The van der Waals surface area contributed by atoms with E-state index in [4.69, 9.17) is 10.5 Å². The zero-order valence-electron chi connectivity index (χ0n) is 17.4. The molecule has 0 saturated heterocycles. The Morgan fingerprint density at radius 2 is 1.88 bits per heavy atom. The van der Waals surface area contributed by atoms with Gasteiger partial charge in [0.25, 0.3) is 5.91 Å². The molecule has 0 saturated carbocycles. The first-order valence-electron chi connectivity index (χ1n) is 9.60. The smallest absolute Gasteiger partial charge is 0.271 e. The van der Waals surface area contributed by atoms with Crippen molar-refractivity contribution in [2.45, 2.75) is 6.42 Å². The highest BCUT2D eigenvalue weighted by Gasteiger charge is 2.10. The van der Waals surface area contributed by atoms with Crippen LogP contribution in [0.1, 0.15) is 21.5 Å². The maximum absolute atomic E-state index is 13.3. The van der Waals surface area contributed by atoms with Gasteiger partial charge in [-0.2, -0.15) is 5.10 Å². The number of hydrogen-bond acceptors (Lipinski definition) is 6. The van der Waals surface area contributed by atoms with E-state index in [1.54, 1.807) is 18.2 Å². The van der Waals surface area contributed by atoms with Gasteiger partial charge in [0.1, 0.15) is 11.5 Å². The number of methoxy groups -OCH3 is 1. The summed E-state index contributed by atoms with van der Waals surface area (Å²) in [6.07, 6.45) is 1.21. The Labute approximate surface area is 187 Å². The topological polar surface area (TPSA) is 126 Å². The average Bonchev–Trinajstić information content (AvgIpc) is 2.78. The molecule has 0 aliphatic heterocycles. The second-order valence-electron chi connectivity index (χ2n) is 6.90. The first kappa shape index (κ1) is 23.2. The van der Waals surface area contributed by atoms with Gasteiger partial charge in [-0.25, -0.2) is 14.2 Å². The molecule has 0 fully saturated rings. The van der Waals surface area contributed by atoms with Crippen molar-refractivity contribution in [2.24, 2.45) is 5.10 Å². The second kappa shape index (κ2) is 10.2. The van der Waals surface area contributed by atoms with E-state index in [0.29, 0.717) is 22.6 Å². The van der Waals surface area contributed by atoms with E-state index in [9.17, 15) is 23.5 Å². The van der Waals surface area contributed by atoms with E-state index in [1.165, 1.54) is 37.6 Å². The maximum atomic E-state index is 13.3. The Morgan fingerprint density at radius 3 is 2.58 bits per heavy atom. The zero-order valence-corrected chi connectivity index (χ0v) is 17.4. The van der Waals surface area contributed by atoms with Crippen molar-refractivity contribution in [2.75, 3.05) is 18.2 Å². The lowest BCUT2D eigenvalue weighted by atomic mass is 10.1. The molecule has 170 valence electrons. The number of carbonyl (C=O) groups excluding carboxylic acids is 2. The quantitative estimate of drug-likeness (QED) is 0.189. The monoisotopic (exact) mass is 454 g/mol. The van der Waals surface area contributed by atoms with Gasteiger partial charge in [0.2, 0.25) is 5.91 Å². The van der Waals surface area contributed by atoms with Crippen LogP contribution < -0.4 is 21.2 Å². The lowest BCUT2D eigenvalue weighted by Gasteiger charge is -2.10. The van der Waals surface area contributed by atoms with Gasteiger partial charge in [0.15, 0.2) is 11.6 Å². The minimum absolute atomic E-state index is 0.0653. The van der Waals surface area contributed by atoms with Gasteiger partial charge >= 0.3 is 0 Å². The Kier molecular flexibility index (Phi) is 7.19. The van der Waals surface area contributed by atoms with Crippen LogP contribution >= 0.6 is 0 Å². The zero-order chi connectivity index (χ0) is 24.0. The van der Waals surface area contributed by atoms with Crippen molar-refractivity contribution in [1.29, 1.82) is 0 Å². The third-order valence-corrected chi connectivity index (χ3v) is 4.53. The predicted molar refractivity (Wildman–Crippen MR) is 119 cm³/mol. The van der Waals surface area contributed by atoms with Crippen LogP contribution in [0.4, 0.5) is 20.2 Å². The first-order chi connectivity index (χ1) is 15.8. The molecule has 0 atom stereocenters. The molecule has 3 aromatic carbocycles. The van der Waals surface area contributed by atoms with Crippen LogP contribution in [0.25, 0.3) is 0 Å². The fourth-order valence-corrected chi connectivity index (χ4v) is 2.86. The first-order valence-corrected chi connectivity index (χ1v) is 9.60. The largest absolute Gasteiger partial charge is 0.506 e. The lowest BCUT2D eigenvalue weighted by Crippen LogP contribution is -2.17. The van der Waals surface area contributed by atoms with Crippen LogP contribution in [0.15, 0.2) is 59.7 Å². The van der Waals surface area contributed by atoms with E-state index in [1.807, 2.05) is 0 Å². The van der Waals surface area contributed by atoms with Crippen molar-refractivity contribution >= 4 is 29.4 Å². The maximum Gasteiger partial charge on any atom is 0.271 e. The van der Waals surface area contributed by atoms with Crippen molar-refractivity contribution in [1.82, 2.24) is 5.43 Å². The lowest BCUT2D eigenvalue weighted by molar-refractivity contribution is -0.115. The number of nitrogen functional groups attached to an aromatic ring is 1. The number of ether oxygens (including phenoxy) is 1. The molecular formula is C23H20F2N4O4. The second-order valence-corrected chi connectivity index (χ2v) is 6.90. The van der Waals surface area contributed by atoms with Gasteiger partial charge in [0, 0.05) is 22.9 Å². The van der Waals surface area contributed by atoms with E-state index >= 15 is 0 Å². The summed E-state index contributed by atoms with van der Waals surface area (Å²) in [5.41, 5.74) is 9.45. The molecule has 33 heavy (non-hydrogen) atoms. The number of nitrogens with two attached hydrogens (primary N) is 1. The molecule has 5 N–H and O–H groups in total. The predicted octanol–water partition coefficient (Wildman–Crippen LogP) is 3.21. The Bertz CT molecular complexity index is 1230. The Morgan fingerprint density at radius 1 is 1.09 bits per heavy atom. The average molecular weight is 454 g/mol. The van der Waals surface area contributed by atoms with Crippen molar-refractivity contribution in [3.8, 4) is 11.5 Å². The molecule has 3 rings (SSSR count). The highest BCUT2D eigenvalue weighted by atomic mass is 19.2. The van der Waals surface area contributed by atoms with E-state index < -0.39 is 23.4 Å². The summed E-state index contributed by atoms with van der Waals surface area (Å²) in [7, 11) is 1.43. The number of aromatic hydroxyl groups is 1. The fourth-order valence-electron chi connectivity index (χ4n) is 2.86. The number of anilines is 2. The normalized spacial score (nSPS) is 10.8. The molecule has 0 aromatic heterocycles. The molecule has 0 unspecified atom stereocenters. The SMILES string of the molecule is COc1cc(NC(=O)Cc2ccc(F)c(F)c2)ccc1/C=N/NC(=O)c1ccc(O)c(N)c1. The Balaban J connectivity index is 1.63. The standard InChI is InChI=1S/C23H20F2N4O4/c1-33-21-11-16(28-22(31)9-13-2-6-17(24)18(25)8-13)5-3-15(21)12-27-29-23(32)14-4-7-20(30)19(26)10-14/h2-8,10-12,30H,9,26H2,1H3,(H,28,31)(H,29,32)/b27-12+. The van der Waals surface area contributed by atoms with Gasteiger partial charge in [-0.1, -0.05) is 6.07 Å². The number of phenols is 1. The molecule has 0 bridgehead atoms. The number of halogens is 2. The number of benzene rings is 3. The van der Waals surface area contributed by atoms with Crippen LogP contribution in [0.5, 0.6) is 11.5 Å². The van der Waals surface area contributed by atoms with Crippen molar-refractivity contribution in [3.63, 3.8) is 0 Å². The number of rotatable bonds is 7. The number of nitrogens with one attached hydrogen (secondary N) is 2. The molecule has 0 radical (unpaired) electrons.